The van der Waals surface area contributed by atoms with Gasteiger partial charge in [0.05, 0.1) is 7.11 Å². The average Bonchev–Trinajstić information content (AvgIpc) is 2.69. The predicted octanol–water partition coefficient (Wildman–Crippen LogP) is 4.32. The largest absolute Gasteiger partial charge is 0.497 e. The summed E-state index contributed by atoms with van der Waals surface area (Å²) in [6, 6.07) is 21.1. The number of rotatable bonds is 6. The fraction of sp³-hybridized carbons (Fsp3) is 0.143. The smallest absolute Gasteiger partial charge is 0.322 e. The van der Waals surface area contributed by atoms with Crippen molar-refractivity contribution in [2.45, 2.75) is 13.1 Å². The molecule has 0 spiro atoms. The fourth-order valence-electron chi connectivity index (χ4n) is 2.59. The molecule has 0 bridgehead atoms. The lowest BCUT2D eigenvalue weighted by Crippen LogP contribution is -2.34. The molecule has 1 N–H and O–H groups in total. The summed E-state index contributed by atoms with van der Waals surface area (Å²) in [6.07, 6.45) is 3.31. The predicted molar refractivity (Wildman–Crippen MR) is 102 cm³/mol. The van der Waals surface area contributed by atoms with E-state index in [0.29, 0.717) is 13.1 Å². The normalized spacial score (nSPS) is 10.2. The summed E-state index contributed by atoms with van der Waals surface area (Å²) in [6.45, 7) is 1.01. The van der Waals surface area contributed by atoms with Crippen molar-refractivity contribution < 1.29 is 9.53 Å². The maximum absolute atomic E-state index is 12.8. The van der Waals surface area contributed by atoms with Crippen LogP contribution in [-0.2, 0) is 13.1 Å². The molecule has 0 aliphatic carbocycles. The van der Waals surface area contributed by atoms with Gasteiger partial charge in [-0.05, 0) is 35.4 Å². The number of aromatic nitrogens is 1. The van der Waals surface area contributed by atoms with Gasteiger partial charge in [0, 0.05) is 31.2 Å². The molecule has 1 heterocycles. The summed E-state index contributed by atoms with van der Waals surface area (Å²) in [5, 5.41) is 2.93. The molecule has 0 aliphatic rings. The van der Waals surface area contributed by atoms with E-state index in [-0.39, 0.29) is 6.03 Å². The average molecular weight is 347 g/mol. The van der Waals surface area contributed by atoms with Crippen LogP contribution in [-0.4, -0.2) is 23.0 Å². The number of methoxy groups -OCH3 is 1. The summed E-state index contributed by atoms with van der Waals surface area (Å²) in [4.78, 5) is 18.6. The van der Waals surface area contributed by atoms with Gasteiger partial charge < -0.3 is 15.0 Å². The standard InChI is InChI=1S/C21H21N3O2/c1-26-20-9-7-18(8-10-20)16-24(15-17-5-3-2-4-6-17)21(25)23-19-11-13-22-14-12-19/h2-14H,15-16H2,1H3,(H,22,23,25). The second-order valence-corrected chi connectivity index (χ2v) is 5.86. The van der Waals surface area contributed by atoms with Crippen LogP contribution in [0.4, 0.5) is 10.5 Å². The van der Waals surface area contributed by atoms with Gasteiger partial charge in [-0.15, -0.1) is 0 Å². The van der Waals surface area contributed by atoms with E-state index in [1.807, 2.05) is 54.6 Å². The first-order valence-electron chi connectivity index (χ1n) is 8.37. The molecular formula is C21H21N3O2. The van der Waals surface area contributed by atoms with E-state index in [1.165, 1.54) is 0 Å². The number of urea groups is 1. The molecular weight excluding hydrogens is 326 g/mol. The molecule has 0 saturated heterocycles. The van der Waals surface area contributed by atoms with E-state index in [1.54, 1.807) is 36.5 Å². The number of anilines is 1. The number of benzene rings is 2. The van der Waals surface area contributed by atoms with Gasteiger partial charge in [-0.2, -0.15) is 0 Å². The zero-order valence-corrected chi connectivity index (χ0v) is 14.6. The highest BCUT2D eigenvalue weighted by Crippen LogP contribution is 2.16. The molecule has 2 aromatic carbocycles. The molecule has 3 aromatic rings. The van der Waals surface area contributed by atoms with Crippen LogP contribution < -0.4 is 10.1 Å². The molecule has 0 saturated carbocycles. The Balaban J connectivity index is 1.77. The van der Waals surface area contributed by atoms with Gasteiger partial charge in [0.2, 0.25) is 0 Å². The van der Waals surface area contributed by atoms with Crippen molar-refractivity contribution in [1.29, 1.82) is 0 Å². The number of hydrogen-bond donors (Lipinski definition) is 1. The highest BCUT2D eigenvalue weighted by Gasteiger charge is 2.15. The minimum Gasteiger partial charge on any atom is -0.497 e. The van der Waals surface area contributed by atoms with Crippen molar-refractivity contribution in [3.63, 3.8) is 0 Å². The number of amides is 2. The Bertz CT molecular complexity index is 821. The lowest BCUT2D eigenvalue weighted by atomic mass is 10.1. The molecule has 1 aromatic heterocycles. The Kier molecular flexibility index (Phi) is 5.83. The van der Waals surface area contributed by atoms with Gasteiger partial charge in [-0.1, -0.05) is 42.5 Å². The minimum absolute atomic E-state index is 0.157. The number of carbonyl (C=O) groups excluding carboxylic acids is 1. The highest BCUT2D eigenvalue weighted by atomic mass is 16.5. The zero-order valence-electron chi connectivity index (χ0n) is 14.6. The molecule has 2 amide bonds. The number of pyridine rings is 1. The SMILES string of the molecule is COc1ccc(CN(Cc2ccccc2)C(=O)Nc2ccncc2)cc1. The third-order valence-electron chi connectivity index (χ3n) is 3.97. The van der Waals surface area contributed by atoms with Crippen molar-refractivity contribution in [2.75, 3.05) is 12.4 Å². The van der Waals surface area contributed by atoms with Crippen molar-refractivity contribution in [2.24, 2.45) is 0 Å². The number of ether oxygens (including phenoxy) is 1. The summed E-state index contributed by atoms with van der Waals surface area (Å²) in [5.41, 5.74) is 2.83. The summed E-state index contributed by atoms with van der Waals surface area (Å²) >= 11 is 0. The van der Waals surface area contributed by atoms with E-state index >= 15 is 0 Å². The molecule has 0 atom stereocenters. The number of nitrogens with zero attached hydrogens (tertiary/aromatic N) is 2. The molecule has 0 radical (unpaired) electrons. The van der Waals surface area contributed by atoms with Crippen molar-refractivity contribution in [1.82, 2.24) is 9.88 Å². The lowest BCUT2D eigenvalue weighted by molar-refractivity contribution is 0.206. The second-order valence-electron chi connectivity index (χ2n) is 5.86. The quantitative estimate of drug-likeness (QED) is 0.722. The molecule has 5 heteroatoms. The van der Waals surface area contributed by atoms with E-state index in [0.717, 1.165) is 22.6 Å². The summed E-state index contributed by atoms with van der Waals surface area (Å²) in [5.74, 6) is 0.796. The van der Waals surface area contributed by atoms with Gasteiger partial charge in [0.25, 0.3) is 0 Å². The van der Waals surface area contributed by atoms with Crippen LogP contribution in [0.5, 0.6) is 5.75 Å². The highest BCUT2D eigenvalue weighted by molar-refractivity contribution is 5.89. The Labute approximate surface area is 153 Å². The Hall–Kier alpha value is -3.34. The van der Waals surface area contributed by atoms with E-state index in [2.05, 4.69) is 10.3 Å². The van der Waals surface area contributed by atoms with Crippen LogP contribution in [0.1, 0.15) is 11.1 Å². The summed E-state index contributed by atoms with van der Waals surface area (Å²) < 4.78 is 5.20. The Morgan fingerprint density at radius 1 is 0.923 bits per heavy atom. The lowest BCUT2D eigenvalue weighted by Gasteiger charge is -2.23. The van der Waals surface area contributed by atoms with Crippen LogP contribution >= 0.6 is 0 Å². The number of hydrogen-bond acceptors (Lipinski definition) is 3. The van der Waals surface area contributed by atoms with Gasteiger partial charge >= 0.3 is 6.03 Å². The van der Waals surface area contributed by atoms with Gasteiger partial charge in [-0.25, -0.2) is 4.79 Å². The van der Waals surface area contributed by atoms with Crippen LogP contribution in [0.15, 0.2) is 79.1 Å². The van der Waals surface area contributed by atoms with Crippen LogP contribution in [0, 0.1) is 0 Å². The van der Waals surface area contributed by atoms with Crippen molar-refractivity contribution in [3.05, 3.63) is 90.3 Å². The molecule has 132 valence electrons. The molecule has 0 aliphatic heterocycles. The first-order chi connectivity index (χ1) is 12.7. The van der Waals surface area contributed by atoms with Gasteiger partial charge in [-0.3, -0.25) is 4.98 Å². The first-order valence-corrected chi connectivity index (χ1v) is 8.37. The topological polar surface area (TPSA) is 54.5 Å². The Morgan fingerprint density at radius 3 is 2.15 bits per heavy atom. The molecule has 0 unspecified atom stereocenters. The zero-order chi connectivity index (χ0) is 18.2. The van der Waals surface area contributed by atoms with E-state index in [4.69, 9.17) is 4.74 Å². The molecule has 26 heavy (non-hydrogen) atoms. The molecule has 3 rings (SSSR count). The monoisotopic (exact) mass is 347 g/mol. The second kappa shape index (κ2) is 8.67. The van der Waals surface area contributed by atoms with Gasteiger partial charge in [0.15, 0.2) is 0 Å². The maximum atomic E-state index is 12.8. The first kappa shape index (κ1) is 17.5. The third-order valence-corrected chi connectivity index (χ3v) is 3.97. The number of nitrogens with one attached hydrogen (secondary N) is 1. The van der Waals surface area contributed by atoms with Crippen molar-refractivity contribution >= 4 is 11.7 Å². The minimum atomic E-state index is -0.157. The van der Waals surface area contributed by atoms with Gasteiger partial charge in [0.1, 0.15) is 5.75 Å². The van der Waals surface area contributed by atoms with Crippen molar-refractivity contribution in [3.8, 4) is 5.75 Å². The summed E-state index contributed by atoms with van der Waals surface area (Å²) in [7, 11) is 1.64. The maximum Gasteiger partial charge on any atom is 0.322 e. The fourth-order valence-corrected chi connectivity index (χ4v) is 2.59. The van der Waals surface area contributed by atoms with Crippen LogP contribution in [0.2, 0.25) is 0 Å². The van der Waals surface area contributed by atoms with E-state index < -0.39 is 0 Å². The molecule has 5 nitrogen and oxygen atoms in total. The Morgan fingerprint density at radius 2 is 1.54 bits per heavy atom. The third kappa shape index (κ3) is 4.83. The van der Waals surface area contributed by atoms with Crippen LogP contribution in [0.3, 0.4) is 0 Å². The van der Waals surface area contributed by atoms with Crippen LogP contribution in [0.25, 0.3) is 0 Å². The van der Waals surface area contributed by atoms with E-state index in [9.17, 15) is 4.79 Å². The number of carbonyl (C=O) groups is 1. The molecule has 0 fully saturated rings.